The second-order valence-corrected chi connectivity index (χ2v) is 6.19. The number of furan rings is 1. The SMILES string of the molecule is Cc1cscc1CNCc1ccc(S(N)(=O)=O)o1. The fourth-order valence-corrected chi connectivity index (χ4v) is 2.83. The summed E-state index contributed by atoms with van der Waals surface area (Å²) in [6.07, 6.45) is 0. The van der Waals surface area contributed by atoms with Crippen LogP contribution in [-0.2, 0) is 23.1 Å². The minimum atomic E-state index is -3.75. The number of hydrogen-bond acceptors (Lipinski definition) is 5. The fourth-order valence-electron chi connectivity index (χ4n) is 1.49. The summed E-state index contributed by atoms with van der Waals surface area (Å²) in [5.74, 6) is 0.548. The largest absolute Gasteiger partial charge is 0.447 e. The number of sulfonamides is 1. The Morgan fingerprint density at radius 2 is 2.11 bits per heavy atom. The van der Waals surface area contributed by atoms with Crippen LogP contribution < -0.4 is 10.5 Å². The van der Waals surface area contributed by atoms with E-state index < -0.39 is 10.0 Å². The Morgan fingerprint density at radius 3 is 2.67 bits per heavy atom. The molecule has 3 N–H and O–H groups in total. The first-order valence-electron chi connectivity index (χ1n) is 5.31. The van der Waals surface area contributed by atoms with Crippen molar-refractivity contribution in [3.05, 3.63) is 39.8 Å². The molecule has 0 aliphatic carbocycles. The van der Waals surface area contributed by atoms with Crippen molar-refractivity contribution in [3.63, 3.8) is 0 Å². The third kappa shape index (κ3) is 3.20. The zero-order valence-corrected chi connectivity index (χ0v) is 11.5. The van der Waals surface area contributed by atoms with Crippen LogP contribution in [0.25, 0.3) is 0 Å². The van der Waals surface area contributed by atoms with Crippen molar-refractivity contribution in [2.45, 2.75) is 25.1 Å². The maximum atomic E-state index is 11.0. The first-order valence-corrected chi connectivity index (χ1v) is 7.79. The Bertz CT molecular complexity index is 628. The van der Waals surface area contributed by atoms with Crippen molar-refractivity contribution in [2.24, 2.45) is 5.14 Å². The molecule has 2 aromatic rings. The molecule has 0 amide bonds. The van der Waals surface area contributed by atoms with Gasteiger partial charge in [-0.3, -0.25) is 0 Å². The van der Waals surface area contributed by atoms with E-state index in [1.165, 1.54) is 17.2 Å². The summed E-state index contributed by atoms with van der Waals surface area (Å²) in [5, 5.41) is 12.1. The zero-order chi connectivity index (χ0) is 13.2. The second-order valence-electron chi connectivity index (χ2n) is 3.95. The molecule has 0 aromatic carbocycles. The van der Waals surface area contributed by atoms with Crippen LogP contribution in [0, 0.1) is 6.92 Å². The van der Waals surface area contributed by atoms with Crippen LogP contribution in [0.4, 0.5) is 0 Å². The molecule has 0 aliphatic heterocycles. The molecule has 7 heteroatoms. The Morgan fingerprint density at radius 1 is 1.33 bits per heavy atom. The van der Waals surface area contributed by atoms with Gasteiger partial charge in [0.25, 0.3) is 10.0 Å². The number of thiophene rings is 1. The fraction of sp³-hybridized carbons (Fsp3) is 0.273. The minimum Gasteiger partial charge on any atom is -0.447 e. The van der Waals surface area contributed by atoms with E-state index in [2.05, 4.69) is 23.0 Å². The maximum Gasteiger partial charge on any atom is 0.271 e. The van der Waals surface area contributed by atoms with Gasteiger partial charge in [0.05, 0.1) is 6.54 Å². The Hall–Kier alpha value is -1.15. The lowest BCUT2D eigenvalue weighted by Gasteiger charge is -2.02. The number of nitrogens with one attached hydrogen (secondary N) is 1. The molecule has 0 radical (unpaired) electrons. The van der Waals surface area contributed by atoms with Gasteiger partial charge < -0.3 is 9.73 Å². The highest BCUT2D eigenvalue weighted by Gasteiger charge is 2.12. The summed E-state index contributed by atoms with van der Waals surface area (Å²) in [6.45, 7) is 3.24. The lowest BCUT2D eigenvalue weighted by molar-refractivity contribution is 0.402. The normalized spacial score (nSPS) is 11.9. The summed E-state index contributed by atoms with van der Waals surface area (Å²) in [6, 6.07) is 2.97. The molecule has 0 atom stereocenters. The molecule has 2 aromatic heterocycles. The molecule has 0 saturated heterocycles. The maximum absolute atomic E-state index is 11.0. The number of primary sulfonamides is 1. The molecule has 5 nitrogen and oxygen atoms in total. The van der Waals surface area contributed by atoms with E-state index in [0.29, 0.717) is 12.3 Å². The van der Waals surface area contributed by atoms with E-state index in [0.717, 1.165) is 6.54 Å². The Labute approximate surface area is 110 Å². The van der Waals surface area contributed by atoms with E-state index in [4.69, 9.17) is 9.56 Å². The lowest BCUT2D eigenvalue weighted by Crippen LogP contribution is -2.13. The molecule has 2 heterocycles. The van der Waals surface area contributed by atoms with Crippen molar-refractivity contribution in [1.29, 1.82) is 0 Å². The van der Waals surface area contributed by atoms with Gasteiger partial charge in [0, 0.05) is 6.54 Å². The molecule has 0 fully saturated rings. The standard InChI is InChI=1S/C11H14N2O3S2/c1-8-6-17-7-9(8)4-13-5-10-2-3-11(16-10)18(12,14)15/h2-3,6-7,13H,4-5H2,1H3,(H2,12,14,15). The molecule has 0 aliphatic rings. The Kier molecular flexibility index (Phi) is 3.86. The third-order valence-electron chi connectivity index (χ3n) is 2.49. The quantitative estimate of drug-likeness (QED) is 0.874. The van der Waals surface area contributed by atoms with Crippen LogP contribution in [-0.4, -0.2) is 8.42 Å². The predicted octanol–water partition coefficient (Wildman–Crippen LogP) is 1.59. The van der Waals surface area contributed by atoms with Crippen LogP contribution in [0.1, 0.15) is 16.9 Å². The van der Waals surface area contributed by atoms with E-state index in [9.17, 15) is 8.42 Å². The van der Waals surface area contributed by atoms with Crippen LogP contribution in [0.3, 0.4) is 0 Å². The molecular weight excluding hydrogens is 272 g/mol. The van der Waals surface area contributed by atoms with Crippen molar-refractivity contribution in [2.75, 3.05) is 0 Å². The van der Waals surface area contributed by atoms with Crippen molar-refractivity contribution >= 4 is 21.4 Å². The highest BCUT2D eigenvalue weighted by atomic mass is 32.2. The van der Waals surface area contributed by atoms with Crippen LogP contribution in [0.2, 0.25) is 0 Å². The smallest absolute Gasteiger partial charge is 0.271 e. The summed E-state index contributed by atoms with van der Waals surface area (Å²) < 4.78 is 27.2. The molecule has 2 rings (SSSR count). The number of rotatable bonds is 5. The second kappa shape index (κ2) is 5.23. The third-order valence-corrected chi connectivity index (χ3v) is 4.18. The average Bonchev–Trinajstić information content (AvgIpc) is 2.88. The lowest BCUT2D eigenvalue weighted by atomic mass is 10.2. The van der Waals surface area contributed by atoms with Gasteiger partial charge in [-0.15, -0.1) is 0 Å². The molecule has 18 heavy (non-hydrogen) atoms. The molecule has 0 unspecified atom stereocenters. The first-order chi connectivity index (χ1) is 8.47. The van der Waals surface area contributed by atoms with Gasteiger partial charge in [-0.2, -0.15) is 11.3 Å². The summed E-state index contributed by atoms with van der Waals surface area (Å²) in [4.78, 5) is 0. The average molecular weight is 286 g/mol. The predicted molar refractivity (Wildman–Crippen MR) is 69.7 cm³/mol. The van der Waals surface area contributed by atoms with Crippen LogP contribution >= 0.6 is 11.3 Å². The summed E-state index contributed by atoms with van der Waals surface area (Å²) >= 11 is 1.66. The molecular formula is C11H14N2O3S2. The number of aryl methyl sites for hydroxylation is 1. The topological polar surface area (TPSA) is 85.3 Å². The molecule has 0 spiro atoms. The van der Waals surface area contributed by atoms with E-state index in [1.807, 2.05) is 0 Å². The highest BCUT2D eigenvalue weighted by Crippen LogP contribution is 2.14. The molecule has 0 bridgehead atoms. The summed E-state index contributed by atoms with van der Waals surface area (Å²) in [5.41, 5.74) is 2.48. The van der Waals surface area contributed by atoms with Gasteiger partial charge in [0.2, 0.25) is 5.09 Å². The van der Waals surface area contributed by atoms with Gasteiger partial charge in [0.15, 0.2) is 0 Å². The highest BCUT2D eigenvalue weighted by molar-refractivity contribution is 7.89. The van der Waals surface area contributed by atoms with Gasteiger partial charge >= 0.3 is 0 Å². The van der Waals surface area contributed by atoms with Gasteiger partial charge in [-0.25, -0.2) is 13.6 Å². The first kappa shape index (κ1) is 13.3. The zero-order valence-electron chi connectivity index (χ0n) is 9.84. The number of hydrogen-bond donors (Lipinski definition) is 2. The van der Waals surface area contributed by atoms with Crippen molar-refractivity contribution < 1.29 is 12.8 Å². The Balaban J connectivity index is 1.92. The van der Waals surface area contributed by atoms with E-state index in [-0.39, 0.29) is 5.09 Å². The van der Waals surface area contributed by atoms with Gasteiger partial charge in [-0.1, -0.05) is 0 Å². The van der Waals surface area contributed by atoms with Gasteiger partial charge in [-0.05, 0) is 40.9 Å². The minimum absolute atomic E-state index is 0.203. The molecule has 98 valence electrons. The molecule has 0 saturated carbocycles. The monoisotopic (exact) mass is 286 g/mol. The van der Waals surface area contributed by atoms with Crippen molar-refractivity contribution in [1.82, 2.24) is 5.32 Å². The van der Waals surface area contributed by atoms with E-state index in [1.54, 1.807) is 17.4 Å². The number of nitrogens with two attached hydrogens (primary N) is 1. The summed E-state index contributed by atoms with van der Waals surface area (Å²) in [7, 11) is -3.75. The van der Waals surface area contributed by atoms with Crippen LogP contribution in [0.5, 0.6) is 0 Å². The van der Waals surface area contributed by atoms with Crippen molar-refractivity contribution in [3.8, 4) is 0 Å². The van der Waals surface area contributed by atoms with E-state index >= 15 is 0 Å². The van der Waals surface area contributed by atoms with Gasteiger partial charge in [0.1, 0.15) is 5.76 Å². The van der Waals surface area contributed by atoms with Crippen LogP contribution in [0.15, 0.2) is 32.4 Å².